The van der Waals surface area contributed by atoms with Crippen molar-refractivity contribution in [2.75, 3.05) is 4.90 Å². The molecule has 0 fully saturated rings. The molecule has 3 aromatic rings. The fourth-order valence-electron chi connectivity index (χ4n) is 3.31. The van der Waals surface area contributed by atoms with Crippen molar-refractivity contribution in [3.8, 4) is 11.8 Å². The molecule has 4 rings (SSSR count). The number of ketones is 1. The number of nitrogens with zero attached hydrogens (tertiary/aromatic N) is 2. The number of furan rings is 1. The molecule has 0 saturated heterocycles. The number of carbonyl (C=O) groups excluding carboxylic acids is 2. The summed E-state index contributed by atoms with van der Waals surface area (Å²) in [6, 6.07) is 16.3. The zero-order valence-electron chi connectivity index (χ0n) is 14.9. The Morgan fingerprint density at radius 2 is 1.72 bits per heavy atom. The Bertz CT molecular complexity index is 1150. The van der Waals surface area contributed by atoms with Gasteiger partial charge in [-0.15, -0.1) is 0 Å². The lowest BCUT2D eigenvalue weighted by Gasteiger charge is -2.26. The summed E-state index contributed by atoms with van der Waals surface area (Å²) in [5.74, 6) is -2.02. The molecule has 2 heterocycles. The summed E-state index contributed by atoms with van der Waals surface area (Å²) in [4.78, 5) is 27.2. The number of hydrogen-bond acceptors (Lipinski definition) is 6. The van der Waals surface area contributed by atoms with E-state index in [9.17, 15) is 19.8 Å². The van der Waals surface area contributed by atoms with Crippen molar-refractivity contribution in [2.45, 2.75) is 6.04 Å². The molecule has 1 unspecified atom stereocenters. The quantitative estimate of drug-likeness (QED) is 0.662. The molecule has 1 aromatic heterocycles. The number of nitriles is 1. The molecule has 7 heteroatoms. The molecule has 1 amide bonds. The van der Waals surface area contributed by atoms with Crippen LogP contribution in [0.5, 0.6) is 5.75 Å². The van der Waals surface area contributed by atoms with Gasteiger partial charge in [-0.25, -0.2) is 0 Å². The Labute approximate surface area is 165 Å². The Kier molecular flexibility index (Phi) is 4.37. The van der Waals surface area contributed by atoms with Crippen molar-refractivity contribution in [1.82, 2.24) is 0 Å². The largest absolute Gasteiger partial charge is 0.508 e. The van der Waals surface area contributed by atoms with Gasteiger partial charge in [0, 0.05) is 5.69 Å². The fraction of sp³-hybridized carbons (Fsp3) is 0.0455. The monoisotopic (exact) mass is 386 g/mol. The van der Waals surface area contributed by atoms with E-state index in [4.69, 9.17) is 9.68 Å². The first-order valence-corrected chi connectivity index (χ1v) is 8.65. The van der Waals surface area contributed by atoms with Crippen LogP contribution in [0.3, 0.4) is 0 Å². The minimum Gasteiger partial charge on any atom is -0.508 e. The van der Waals surface area contributed by atoms with Crippen LogP contribution in [0.25, 0.3) is 0 Å². The van der Waals surface area contributed by atoms with Crippen LogP contribution in [-0.2, 0) is 4.79 Å². The van der Waals surface area contributed by atoms with Gasteiger partial charge >= 0.3 is 0 Å². The second-order valence-corrected chi connectivity index (χ2v) is 6.40. The molecular formula is C22H14N2O5. The van der Waals surface area contributed by atoms with Gasteiger partial charge in [-0.2, -0.15) is 5.26 Å². The number of aromatic hydroxyl groups is 1. The molecule has 1 atom stereocenters. The minimum atomic E-state index is -0.936. The lowest BCUT2D eigenvalue weighted by Crippen LogP contribution is -2.31. The second-order valence-electron chi connectivity index (χ2n) is 6.40. The molecular weight excluding hydrogens is 372 g/mol. The van der Waals surface area contributed by atoms with Crippen LogP contribution in [0.4, 0.5) is 5.69 Å². The molecule has 1 aliphatic rings. The van der Waals surface area contributed by atoms with Gasteiger partial charge in [0.15, 0.2) is 11.5 Å². The average Bonchev–Trinajstić information content (AvgIpc) is 3.36. The summed E-state index contributed by atoms with van der Waals surface area (Å²) in [6.45, 7) is 0. The van der Waals surface area contributed by atoms with Gasteiger partial charge in [-0.3, -0.25) is 14.5 Å². The highest BCUT2D eigenvalue weighted by Gasteiger charge is 2.45. The van der Waals surface area contributed by atoms with Crippen molar-refractivity contribution >= 4 is 17.4 Å². The predicted molar refractivity (Wildman–Crippen MR) is 102 cm³/mol. The van der Waals surface area contributed by atoms with Gasteiger partial charge in [0.05, 0.1) is 29.5 Å². The first kappa shape index (κ1) is 18.1. The van der Waals surface area contributed by atoms with Gasteiger partial charge in [0.1, 0.15) is 5.75 Å². The number of hydrogen-bond donors (Lipinski definition) is 2. The standard InChI is InChI=1S/C22H14N2O5/c23-12-13-3-7-15(8-4-13)24-19(14-5-9-16(25)10-6-14)18(21(27)22(24)28)20(26)17-2-1-11-29-17/h1-11,19,25,27H. The van der Waals surface area contributed by atoms with E-state index in [-0.39, 0.29) is 17.1 Å². The van der Waals surface area contributed by atoms with Crippen LogP contribution < -0.4 is 4.90 Å². The van der Waals surface area contributed by atoms with Crippen LogP contribution in [0.1, 0.15) is 27.7 Å². The molecule has 7 nitrogen and oxygen atoms in total. The number of benzene rings is 2. The third-order valence-corrected chi connectivity index (χ3v) is 4.68. The number of phenols is 1. The summed E-state index contributed by atoms with van der Waals surface area (Å²) in [7, 11) is 0. The second kappa shape index (κ2) is 7.02. The van der Waals surface area contributed by atoms with E-state index in [0.717, 1.165) is 0 Å². The number of aliphatic hydroxyl groups is 1. The number of amides is 1. The van der Waals surface area contributed by atoms with Crippen molar-refractivity contribution in [1.29, 1.82) is 5.26 Å². The molecule has 142 valence electrons. The highest BCUT2D eigenvalue weighted by Crippen LogP contribution is 2.42. The Morgan fingerprint density at radius 1 is 1.03 bits per heavy atom. The first-order chi connectivity index (χ1) is 14.0. The predicted octanol–water partition coefficient (Wildman–Crippen LogP) is 3.64. The summed E-state index contributed by atoms with van der Waals surface area (Å²) >= 11 is 0. The van der Waals surface area contributed by atoms with E-state index in [1.807, 2.05) is 6.07 Å². The van der Waals surface area contributed by atoms with Gasteiger partial charge in [-0.05, 0) is 54.1 Å². The van der Waals surface area contributed by atoms with E-state index in [1.165, 1.54) is 35.4 Å². The summed E-state index contributed by atoms with van der Waals surface area (Å²) < 4.78 is 5.17. The van der Waals surface area contributed by atoms with Crippen molar-refractivity contribution < 1.29 is 24.2 Å². The molecule has 2 aromatic carbocycles. The van der Waals surface area contributed by atoms with Crippen molar-refractivity contribution in [3.05, 3.63) is 95.1 Å². The van der Waals surface area contributed by atoms with E-state index in [1.54, 1.807) is 36.4 Å². The topological polar surface area (TPSA) is 115 Å². The molecule has 2 N–H and O–H groups in total. The number of rotatable bonds is 4. The van der Waals surface area contributed by atoms with E-state index >= 15 is 0 Å². The Morgan fingerprint density at radius 3 is 2.31 bits per heavy atom. The maximum atomic E-state index is 13.0. The number of aliphatic hydroxyl groups excluding tert-OH is 1. The molecule has 29 heavy (non-hydrogen) atoms. The van der Waals surface area contributed by atoms with Gasteiger partial charge < -0.3 is 14.6 Å². The highest BCUT2D eigenvalue weighted by molar-refractivity contribution is 6.20. The number of carbonyl (C=O) groups is 2. The number of anilines is 1. The third-order valence-electron chi connectivity index (χ3n) is 4.68. The van der Waals surface area contributed by atoms with Crippen LogP contribution in [0, 0.1) is 11.3 Å². The first-order valence-electron chi connectivity index (χ1n) is 8.65. The zero-order valence-corrected chi connectivity index (χ0v) is 14.9. The molecule has 1 aliphatic heterocycles. The minimum absolute atomic E-state index is 0.00944. The van der Waals surface area contributed by atoms with Crippen molar-refractivity contribution in [3.63, 3.8) is 0 Å². The summed E-state index contributed by atoms with van der Waals surface area (Å²) in [6.07, 6.45) is 1.33. The summed E-state index contributed by atoms with van der Waals surface area (Å²) in [5, 5.41) is 29.2. The third kappa shape index (κ3) is 3.03. The molecule has 0 aliphatic carbocycles. The molecule has 0 radical (unpaired) electrons. The van der Waals surface area contributed by atoms with Crippen LogP contribution in [-0.4, -0.2) is 21.9 Å². The maximum absolute atomic E-state index is 13.0. The SMILES string of the molecule is N#Cc1ccc(N2C(=O)C(O)=C(C(=O)c3ccco3)C2c2ccc(O)cc2)cc1. The molecule has 0 spiro atoms. The van der Waals surface area contributed by atoms with Gasteiger partial charge in [0.2, 0.25) is 5.78 Å². The normalized spacial score (nSPS) is 16.2. The van der Waals surface area contributed by atoms with E-state index < -0.39 is 23.5 Å². The van der Waals surface area contributed by atoms with Crippen LogP contribution in [0.15, 0.2) is 82.7 Å². The molecule has 0 saturated carbocycles. The van der Waals surface area contributed by atoms with Crippen LogP contribution >= 0.6 is 0 Å². The Balaban J connectivity index is 1.87. The smallest absolute Gasteiger partial charge is 0.294 e. The van der Waals surface area contributed by atoms with E-state index in [2.05, 4.69) is 0 Å². The van der Waals surface area contributed by atoms with Crippen molar-refractivity contribution in [2.24, 2.45) is 0 Å². The molecule has 0 bridgehead atoms. The zero-order chi connectivity index (χ0) is 20.5. The van der Waals surface area contributed by atoms with E-state index in [0.29, 0.717) is 16.8 Å². The van der Waals surface area contributed by atoms with Crippen LogP contribution in [0.2, 0.25) is 0 Å². The lowest BCUT2D eigenvalue weighted by molar-refractivity contribution is -0.117. The average molecular weight is 386 g/mol. The maximum Gasteiger partial charge on any atom is 0.294 e. The Hall–Kier alpha value is -4.31. The van der Waals surface area contributed by atoms with Gasteiger partial charge in [-0.1, -0.05) is 12.1 Å². The highest BCUT2D eigenvalue weighted by atomic mass is 16.3. The fourth-order valence-corrected chi connectivity index (χ4v) is 3.31. The number of phenolic OH excluding ortho intramolecular Hbond substituents is 1. The number of Topliss-reactive ketones (excluding diaryl/α,β-unsaturated/α-hetero) is 1. The summed E-state index contributed by atoms with van der Waals surface area (Å²) in [5.41, 5.74) is 1.20. The lowest BCUT2D eigenvalue weighted by atomic mass is 9.94. The van der Waals surface area contributed by atoms with Gasteiger partial charge in [0.25, 0.3) is 5.91 Å².